The van der Waals surface area contributed by atoms with Gasteiger partial charge in [-0.1, -0.05) is 30.3 Å². The van der Waals surface area contributed by atoms with Crippen molar-refractivity contribution >= 4 is 17.0 Å². The number of hydrogen-bond acceptors (Lipinski definition) is 3. The second-order valence-electron chi connectivity index (χ2n) is 5.55. The average Bonchev–Trinajstić information content (AvgIpc) is 2.97. The predicted octanol–water partition coefficient (Wildman–Crippen LogP) is 3.86. The van der Waals surface area contributed by atoms with Crippen LogP contribution in [-0.2, 0) is 13.0 Å². The van der Waals surface area contributed by atoms with Crippen LogP contribution in [0.15, 0.2) is 65.0 Å². The first-order chi connectivity index (χ1) is 11.8. The molecule has 0 fully saturated rings. The van der Waals surface area contributed by atoms with Gasteiger partial charge in [0.25, 0.3) is 0 Å². The molecule has 24 heavy (non-hydrogen) atoms. The van der Waals surface area contributed by atoms with E-state index in [4.69, 9.17) is 5.73 Å². The van der Waals surface area contributed by atoms with Gasteiger partial charge in [0.15, 0.2) is 4.80 Å². The van der Waals surface area contributed by atoms with Crippen molar-refractivity contribution < 1.29 is 4.39 Å². The molecule has 0 radical (unpaired) electrons. The van der Waals surface area contributed by atoms with E-state index in [1.54, 1.807) is 23.5 Å². The molecule has 5 heteroatoms. The summed E-state index contributed by atoms with van der Waals surface area (Å²) in [6.07, 6.45) is 1.76. The van der Waals surface area contributed by atoms with Gasteiger partial charge in [-0.3, -0.25) is 0 Å². The van der Waals surface area contributed by atoms with Crippen molar-refractivity contribution in [2.75, 3.05) is 6.54 Å². The summed E-state index contributed by atoms with van der Waals surface area (Å²) in [7, 11) is 0. The maximum absolute atomic E-state index is 13.1. The number of aromatic nitrogens is 1. The van der Waals surface area contributed by atoms with E-state index < -0.39 is 0 Å². The lowest BCUT2D eigenvalue weighted by Gasteiger charge is -2.08. The predicted molar refractivity (Wildman–Crippen MR) is 96.9 cm³/mol. The van der Waals surface area contributed by atoms with E-state index in [0.29, 0.717) is 6.54 Å². The van der Waals surface area contributed by atoms with E-state index in [0.717, 1.165) is 29.9 Å². The van der Waals surface area contributed by atoms with Crippen molar-refractivity contribution in [1.29, 1.82) is 0 Å². The van der Waals surface area contributed by atoms with Crippen molar-refractivity contribution in [3.05, 3.63) is 81.9 Å². The molecule has 0 aliphatic carbocycles. The summed E-state index contributed by atoms with van der Waals surface area (Å²) in [5.74, 6) is -0.249. The summed E-state index contributed by atoms with van der Waals surface area (Å²) in [5, 5.41) is 2.14. The molecule has 3 rings (SSSR count). The molecule has 3 aromatic rings. The number of hydrogen-bond donors (Lipinski definition) is 1. The molecule has 0 unspecified atom stereocenters. The van der Waals surface area contributed by atoms with E-state index in [1.807, 2.05) is 6.07 Å². The van der Waals surface area contributed by atoms with Crippen molar-refractivity contribution in [3.8, 4) is 0 Å². The Morgan fingerprint density at radius 3 is 2.50 bits per heavy atom. The summed E-state index contributed by atoms with van der Waals surface area (Å²) < 4.78 is 15.3. The molecule has 0 saturated heterocycles. The number of halogens is 1. The van der Waals surface area contributed by atoms with Gasteiger partial charge in [-0.15, -0.1) is 11.3 Å². The van der Waals surface area contributed by atoms with Gasteiger partial charge < -0.3 is 10.3 Å². The lowest BCUT2D eigenvalue weighted by molar-refractivity contribution is 0.613. The molecule has 2 aromatic carbocycles. The van der Waals surface area contributed by atoms with Crippen LogP contribution in [0.5, 0.6) is 0 Å². The Morgan fingerprint density at radius 1 is 1.04 bits per heavy atom. The Hall–Kier alpha value is -2.24. The average molecular weight is 341 g/mol. The first-order valence-corrected chi connectivity index (χ1v) is 8.86. The van der Waals surface area contributed by atoms with Crippen LogP contribution >= 0.6 is 11.3 Å². The highest BCUT2D eigenvalue weighted by atomic mass is 32.1. The van der Waals surface area contributed by atoms with Gasteiger partial charge in [-0.05, 0) is 42.8 Å². The lowest BCUT2D eigenvalue weighted by atomic mass is 10.1. The van der Waals surface area contributed by atoms with E-state index in [1.165, 1.54) is 23.4 Å². The molecule has 0 aliphatic rings. The summed E-state index contributed by atoms with van der Waals surface area (Å²) >= 11 is 1.61. The highest BCUT2D eigenvalue weighted by Crippen LogP contribution is 2.14. The Balaban J connectivity index is 1.95. The summed E-state index contributed by atoms with van der Waals surface area (Å²) in [4.78, 5) is 5.59. The Bertz CT molecular complexity index is 835. The largest absolute Gasteiger partial charge is 0.330 e. The zero-order valence-electron chi connectivity index (χ0n) is 13.4. The van der Waals surface area contributed by atoms with Crippen LogP contribution < -0.4 is 10.5 Å². The molecule has 0 bridgehead atoms. The molecule has 0 amide bonds. The van der Waals surface area contributed by atoms with Crippen molar-refractivity contribution in [2.45, 2.75) is 19.4 Å². The Morgan fingerprint density at radius 2 is 1.79 bits per heavy atom. The number of nitrogens with zero attached hydrogens (tertiary/aromatic N) is 2. The van der Waals surface area contributed by atoms with E-state index in [-0.39, 0.29) is 5.82 Å². The Kier molecular flexibility index (Phi) is 5.56. The van der Waals surface area contributed by atoms with E-state index in [9.17, 15) is 4.39 Å². The third kappa shape index (κ3) is 4.19. The van der Waals surface area contributed by atoms with Crippen molar-refractivity contribution in [1.82, 2.24) is 4.57 Å². The molecule has 0 saturated carbocycles. The highest BCUT2D eigenvalue weighted by molar-refractivity contribution is 7.07. The summed E-state index contributed by atoms with van der Waals surface area (Å²) in [6.45, 7) is 1.48. The van der Waals surface area contributed by atoms with Crippen LogP contribution in [0.25, 0.3) is 0 Å². The first kappa shape index (κ1) is 16.6. The van der Waals surface area contributed by atoms with Crippen LogP contribution in [0.1, 0.15) is 17.7 Å². The molecular formula is C19H20FN3S. The van der Waals surface area contributed by atoms with Gasteiger partial charge >= 0.3 is 0 Å². The topological polar surface area (TPSA) is 43.3 Å². The molecule has 1 aromatic heterocycles. The van der Waals surface area contributed by atoms with Gasteiger partial charge in [-0.2, -0.15) is 0 Å². The monoisotopic (exact) mass is 341 g/mol. The number of nitrogens with two attached hydrogens (primary N) is 1. The van der Waals surface area contributed by atoms with Crippen LogP contribution in [0.4, 0.5) is 10.1 Å². The summed E-state index contributed by atoms with van der Waals surface area (Å²) in [5.41, 5.74) is 8.93. The number of rotatable bonds is 6. The normalized spacial score (nSPS) is 11.8. The molecule has 0 atom stereocenters. The fourth-order valence-corrected chi connectivity index (χ4v) is 3.46. The third-order valence-corrected chi connectivity index (χ3v) is 4.66. The van der Waals surface area contributed by atoms with Crippen molar-refractivity contribution in [3.63, 3.8) is 0 Å². The van der Waals surface area contributed by atoms with Gasteiger partial charge in [0.2, 0.25) is 0 Å². The van der Waals surface area contributed by atoms with Gasteiger partial charge in [0.1, 0.15) is 5.82 Å². The lowest BCUT2D eigenvalue weighted by Crippen LogP contribution is -2.19. The van der Waals surface area contributed by atoms with Crippen LogP contribution in [0, 0.1) is 5.82 Å². The number of thiazole rings is 1. The second kappa shape index (κ2) is 8.04. The number of benzene rings is 2. The second-order valence-corrected chi connectivity index (χ2v) is 6.39. The minimum absolute atomic E-state index is 0.249. The SMILES string of the molecule is NCCCn1c(Cc2ccccc2)cs/c1=N\c1ccc(F)cc1. The minimum atomic E-state index is -0.249. The first-order valence-electron chi connectivity index (χ1n) is 7.98. The maximum atomic E-state index is 13.1. The van der Waals surface area contributed by atoms with E-state index in [2.05, 4.69) is 39.2 Å². The Labute approximate surface area is 144 Å². The molecular weight excluding hydrogens is 321 g/mol. The standard InChI is InChI=1S/C19H20FN3S/c20-16-7-9-17(10-8-16)22-19-23(12-4-11-21)18(14-24-19)13-15-5-2-1-3-6-15/h1-3,5-10,14H,4,11-13,21H2/b22-19-. The van der Waals surface area contributed by atoms with E-state index >= 15 is 0 Å². The zero-order chi connectivity index (χ0) is 16.8. The van der Waals surface area contributed by atoms with Crippen LogP contribution in [0.2, 0.25) is 0 Å². The maximum Gasteiger partial charge on any atom is 0.190 e. The van der Waals surface area contributed by atoms with Gasteiger partial charge in [0, 0.05) is 24.0 Å². The minimum Gasteiger partial charge on any atom is -0.330 e. The third-order valence-electron chi connectivity index (χ3n) is 3.74. The fourth-order valence-electron chi connectivity index (χ4n) is 2.51. The molecule has 1 heterocycles. The zero-order valence-corrected chi connectivity index (χ0v) is 14.2. The molecule has 0 spiro atoms. The summed E-state index contributed by atoms with van der Waals surface area (Å²) in [6, 6.07) is 16.6. The molecule has 3 nitrogen and oxygen atoms in total. The fraction of sp³-hybridized carbons (Fsp3) is 0.211. The smallest absolute Gasteiger partial charge is 0.190 e. The highest BCUT2D eigenvalue weighted by Gasteiger charge is 2.06. The molecule has 124 valence electrons. The van der Waals surface area contributed by atoms with Gasteiger partial charge in [0.05, 0.1) is 5.69 Å². The molecule has 0 aliphatic heterocycles. The van der Waals surface area contributed by atoms with Gasteiger partial charge in [-0.25, -0.2) is 9.38 Å². The van der Waals surface area contributed by atoms with Crippen LogP contribution in [-0.4, -0.2) is 11.1 Å². The van der Waals surface area contributed by atoms with Crippen molar-refractivity contribution in [2.24, 2.45) is 10.7 Å². The quantitative estimate of drug-likeness (QED) is 0.727. The van der Waals surface area contributed by atoms with Crippen LogP contribution in [0.3, 0.4) is 0 Å². The molecule has 2 N–H and O–H groups in total.